The monoisotopic (exact) mass is 191 g/mol. The summed E-state index contributed by atoms with van der Waals surface area (Å²) in [6.45, 7) is 3.63. The van der Waals surface area contributed by atoms with E-state index < -0.39 is 0 Å². The van der Waals surface area contributed by atoms with Crippen molar-refractivity contribution >= 4 is 11.8 Å². The Hall–Kier alpha value is -1.54. The molecule has 0 aliphatic carbocycles. The van der Waals surface area contributed by atoms with E-state index in [1.165, 1.54) is 11.3 Å². The summed E-state index contributed by atoms with van der Waals surface area (Å²) in [6, 6.07) is 8.39. The summed E-state index contributed by atoms with van der Waals surface area (Å²) in [5.41, 5.74) is 2.42. The van der Waals surface area contributed by atoms with Crippen LogP contribution in [0.5, 0.6) is 0 Å². The van der Waals surface area contributed by atoms with Gasteiger partial charge in [0.2, 0.25) is 0 Å². The van der Waals surface area contributed by atoms with Crippen molar-refractivity contribution in [2.24, 2.45) is 0 Å². The fourth-order valence-corrected chi connectivity index (χ4v) is 1.06. The lowest BCUT2D eigenvalue weighted by Gasteiger charge is -2.11. The standard InChI is InChI=1S/C12H15N.H2O/c1-4-5-6-11-7-9-12(10-8-11)13(2)3;/h4-10H,1H2,2-3H3;1H2/b6-5+;. The Morgan fingerprint density at radius 2 is 1.71 bits per heavy atom. The molecule has 2 nitrogen and oxygen atoms in total. The molecule has 1 aromatic carbocycles. The molecule has 0 fully saturated rings. The summed E-state index contributed by atoms with van der Waals surface area (Å²) in [6.07, 6.45) is 5.75. The zero-order valence-electron chi connectivity index (χ0n) is 8.70. The van der Waals surface area contributed by atoms with Gasteiger partial charge in [0.25, 0.3) is 0 Å². The van der Waals surface area contributed by atoms with Gasteiger partial charge in [-0.15, -0.1) is 0 Å². The summed E-state index contributed by atoms with van der Waals surface area (Å²) >= 11 is 0. The molecule has 0 heterocycles. The minimum Gasteiger partial charge on any atom is -0.412 e. The van der Waals surface area contributed by atoms with Gasteiger partial charge in [-0.2, -0.15) is 0 Å². The van der Waals surface area contributed by atoms with Crippen LogP contribution < -0.4 is 4.90 Å². The summed E-state index contributed by atoms with van der Waals surface area (Å²) < 4.78 is 0. The predicted molar refractivity (Wildman–Crippen MR) is 63.6 cm³/mol. The lowest BCUT2D eigenvalue weighted by Crippen LogP contribution is -2.07. The van der Waals surface area contributed by atoms with Gasteiger partial charge in [-0.3, -0.25) is 0 Å². The van der Waals surface area contributed by atoms with Crippen molar-refractivity contribution in [3.05, 3.63) is 48.6 Å². The average molecular weight is 191 g/mol. The first kappa shape index (κ1) is 12.5. The Morgan fingerprint density at radius 1 is 1.14 bits per heavy atom. The van der Waals surface area contributed by atoms with Crippen molar-refractivity contribution in [3.8, 4) is 0 Å². The maximum atomic E-state index is 3.63. The number of hydrogen-bond donors (Lipinski definition) is 0. The number of nitrogens with zero attached hydrogens (tertiary/aromatic N) is 1. The van der Waals surface area contributed by atoms with E-state index in [0.29, 0.717) is 0 Å². The third-order valence-electron chi connectivity index (χ3n) is 1.83. The predicted octanol–water partition coefficient (Wildman–Crippen LogP) is 2.13. The molecular weight excluding hydrogens is 174 g/mol. The fraction of sp³-hybridized carbons (Fsp3) is 0.167. The van der Waals surface area contributed by atoms with E-state index in [1.54, 1.807) is 6.08 Å². The summed E-state index contributed by atoms with van der Waals surface area (Å²) in [4.78, 5) is 2.08. The molecule has 0 spiro atoms. The molecule has 0 saturated heterocycles. The molecule has 0 unspecified atom stereocenters. The first-order valence-electron chi connectivity index (χ1n) is 4.30. The fourth-order valence-electron chi connectivity index (χ4n) is 1.06. The van der Waals surface area contributed by atoms with Gasteiger partial charge < -0.3 is 10.4 Å². The van der Waals surface area contributed by atoms with E-state index in [2.05, 4.69) is 35.7 Å². The normalized spacial score (nSPS) is 9.57. The van der Waals surface area contributed by atoms with Crippen LogP contribution in [0, 0.1) is 0 Å². The zero-order valence-corrected chi connectivity index (χ0v) is 8.70. The molecule has 0 amide bonds. The Balaban J connectivity index is 0.00000169. The van der Waals surface area contributed by atoms with Crippen molar-refractivity contribution in [1.29, 1.82) is 0 Å². The maximum Gasteiger partial charge on any atom is 0.0361 e. The Labute approximate surface area is 85.5 Å². The average Bonchev–Trinajstić information content (AvgIpc) is 2.15. The van der Waals surface area contributed by atoms with Crippen molar-refractivity contribution in [3.63, 3.8) is 0 Å². The number of rotatable bonds is 3. The summed E-state index contributed by atoms with van der Waals surface area (Å²) in [5, 5.41) is 0. The largest absolute Gasteiger partial charge is 0.412 e. The third kappa shape index (κ3) is 3.46. The van der Waals surface area contributed by atoms with Gasteiger partial charge in [0.1, 0.15) is 0 Å². The van der Waals surface area contributed by atoms with Crippen LogP contribution in [-0.4, -0.2) is 19.6 Å². The van der Waals surface area contributed by atoms with Crippen molar-refractivity contribution in [1.82, 2.24) is 0 Å². The molecule has 0 aromatic heterocycles. The minimum absolute atomic E-state index is 0. The number of hydrogen-bond acceptors (Lipinski definition) is 1. The molecule has 0 radical (unpaired) electrons. The number of benzene rings is 1. The van der Waals surface area contributed by atoms with E-state index in [4.69, 9.17) is 0 Å². The van der Waals surface area contributed by atoms with Gasteiger partial charge in [0, 0.05) is 19.8 Å². The van der Waals surface area contributed by atoms with E-state index in [0.717, 1.165) is 0 Å². The first-order valence-corrected chi connectivity index (χ1v) is 4.30. The Kier molecular flexibility index (Phi) is 5.34. The van der Waals surface area contributed by atoms with E-state index >= 15 is 0 Å². The van der Waals surface area contributed by atoms with Gasteiger partial charge in [-0.1, -0.05) is 36.9 Å². The molecule has 0 atom stereocenters. The first-order chi connectivity index (χ1) is 6.24. The molecule has 0 saturated carbocycles. The van der Waals surface area contributed by atoms with Crippen LogP contribution in [0.25, 0.3) is 6.08 Å². The minimum atomic E-state index is 0. The highest BCUT2D eigenvalue weighted by Crippen LogP contribution is 2.12. The smallest absolute Gasteiger partial charge is 0.0361 e. The molecule has 0 bridgehead atoms. The molecule has 1 aromatic rings. The molecule has 0 aliphatic rings. The molecule has 76 valence electrons. The molecular formula is C12H17NO. The van der Waals surface area contributed by atoms with Crippen LogP contribution in [0.1, 0.15) is 5.56 Å². The molecule has 1 rings (SSSR count). The summed E-state index contributed by atoms with van der Waals surface area (Å²) in [7, 11) is 4.07. The highest BCUT2D eigenvalue weighted by Gasteiger charge is 1.92. The van der Waals surface area contributed by atoms with Crippen LogP contribution in [-0.2, 0) is 0 Å². The van der Waals surface area contributed by atoms with Crippen molar-refractivity contribution < 1.29 is 5.48 Å². The quantitative estimate of drug-likeness (QED) is 0.674. The van der Waals surface area contributed by atoms with Gasteiger partial charge >= 0.3 is 0 Å². The second kappa shape index (κ2) is 6.00. The third-order valence-corrected chi connectivity index (χ3v) is 1.83. The van der Waals surface area contributed by atoms with E-state index in [1.807, 2.05) is 26.2 Å². The molecule has 0 aliphatic heterocycles. The van der Waals surface area contributed by atoms with Gasteiger partial charge in [-0.25, -0.2) is 0 Å². The van der Waals surface area contributed by atoms with Crippen LogP contribution in [0.4, 0.5) is 5.69 Å². The molecule has 2 heteroatoms. The van der Waals surface area contributed by atoms with Crippen LogP contribution >= 0.6 is 0 Å². The van der Waals surface area contributed by atoms with Crippen LogP contribution in [0.15, 0.2) is 43.0 Å². The highest BCUT2D eigenvalue weighted by atomic mass is 16.0. The van der Waals surface area contributed by atoms with E-state index in [9.17, 15) is 0 Å². The Morgan fingerprint density at radius 3 is 2.14 bits per heavy atom. The van der Waals surface area contributed by atoms with Crippen molar-refractivity contribution in [2.75, 3.05) is 19.0 Å². The van der Waals surface area contributed by atoms with Crippen molar-refractivity contribution in [2.45, 2.75) is 0 Å². The SMILES string of the molecule is C=C/C=C/c1ccc(N(C)C)cc1.O. The maximum absolute atomic E-state index is 3.63. The second-order valence-corrected chi connectivity index (χ2v) is 3.08. The molecule has 2 N–H and O–H groups in total. The highest BCUT2D eigenvalue weighted by molar-refractivity contribution is 5.56. The van der Waals surface area contributed by atoms with Crippen LogP contribution in [0.2, 0.25) is 0 Å². The van der Waals surface area contributed by atoms with Gasteiger partial charge in [0.15, 0.2) is 0 Å². The topological polar surface area (TPSA) is 34.7 Å². The van der Waals surface area contributed by atoms with Gasteiger partial charge in [-0.05, 0) is 17.7 Å². The second-order valence-electron chi connectivity index (χ2n) is 3.08. The van der Waals surface area contributed by atoms with E-state index in [-0.39, 0.29) is 5.48 Å². The zero-order chi connectivity index (χ0) is 9.68. The lowest BCUT2D eigenvalue weighted by molar-refractivity contribution is 0.824. The lowest BCUT2D eigenvalue weighted by atomic mass is 10.2. The summed E-state index contributed by atoms with van der Waals surface area (Å²) in [5.74, 6) is 0. The van der Waals surface area contributed by atoms with Gasteiger partial charge in [0.05, 0.1) is 0 Å². The molecule has 14 heavy (non-hydrogen) atoms. The van der Waals surface area contributed by atoms with Crippen LogP contribution in [0.3, 0.4) is 0 Å². The number of allylic oxidation sites excluding steroid dienone is 2. The number of anilines is 1. The Bertz CT molecular complexity index is 299.